The highest BCUT2D eigenvalue weighted by molar-refractivity contribution is 5.76. The van der Waals surface area contributed by atoms with E-state index < -0.39 is 0 Å². The van der Waals surface area contributed by atoms with Gasteiger partial charge < -0.3 is 15.0 Å². The van der Waals surface area contributed by atoms with Gasteiger partial charge in [-0.3, -0.25) is 9.59 Å². The zero-order valence-electron chi connectivity index (χ0n) is 12.0. The van der Waals surface area contributed by atoms with Crippen LogP contribution in [0.3, 0.4) is 0 Å². The van der Waals surface area contributed by atoms with Gasteiger partial charge in [-0.05, 0) is 31.4 Å². The van der Waals surface area contributed by atoms with Crippen LogP contribution in [0.2, 0.25) is 0 Å². The molecule has 6 heteroatoms. The molecule has 0 aliphatic carbocycles. The second-order valence-electron chi connectivity index (χ2n) is 4.51. The topological polar surface area (TPSA) is 95.0 Å². The first kappa shape index (κ1) is 15.9. The van der Waals surface area contributed by atoms with Gasteiger partial charge in [-0.1, -0.05) is 0 Å². The van der Waals surface area contributed by atoms with Crippen molar-refractivity contribution in [3.8, 4) is 6.07 Å². The highest BCUT2D eigenvalue weighted by Crippen LogP contribution is 2.14. The summed E-state index contributed by atoms with van der Waals surface area (Å²) in [6, 6.07) is 1.90. The fourth-order valence-electron chi connectivity index (χ4n) is 2.04. The molecule has 1 amide bonds. The number of carbonyl (C=O) groups excluding carboxylic acids is 1. The predicted molar refractivity (Wildman–Crippen MR) is 74.5 cm³/mol. The number of carbonyl (C=O) groups is 1. The number of amides is 1. The summed E-state index contributed by atoms with van der Waals surface area (Å²) in [6.07, 6.45) is 0.796. The van der Waals surface area contributed by atoms with Crippen LogP contribution in [-0.2, 0) is 16.0 Å². The maximum Gasteiger partial charge on any atom is 0.266 e. The van der Waals surface area contributed by atoms with Gasteiger partial charge in [-0.2, -0.15) is 5.26 Å². The number of nitriles is 1. The quantitative estimate of drug-likeness (QED) is 0.743. The number of hydrogen-bond donors (Lipinski definition) is 2. The van der Waals surface area contributed by atoms with Crippen LogP contribution in [0.1, 0.15) is 28.8 Å². The van der Waals surface area contributed by atoms with Crippen LogP contribution in [0.4, 0.5) is 0 Å². The molecule has 0 spiro atoms. The molecule has 6 nitrogen and oxygen atoms in total. The third-order valence-electron chi connectivity index (χ3n) is 3.15. The normalized spacial score (nSPS) is 10.1. The van der Waals surface area contributed by atoms with Gasteiger partial charge in [0.1, 0.15) is 11.6 Å². The minimum atomic E-state index is -0.379. The van der Waals surface area contributed by atoms with Gasteiger partial charge in [-0.15, -0.1) is 0 Å². The number of rotatable bonds is 6. The van der Waals surface area contributed by atoms with Crippen molar-refractivity contribution in [1.82, 2.24) is 10.3 Å². The fraction of sp³-hybridized carbons (Fsp3) is 0.500. The van der Waals surface area contributed by atoms with E-state index in [9.17, 15) is 9.59 Å². The van der Waals surface area contributed by atoms with Crippen molar-refractivity contribution in [3.05, 3.63) is 32.7 Å². The van der Waals surface area contributed by atoms with E-state index >= 15 is 0 Å². The minimum absolute atomic E-state index is 0.0782. The zero-order chi connectivity index (χ0) is 15.1. The molecule has 1 rings (SSSR count). The number of nitrogens with one attached hydrogen (secondary N) is 2. The Morgan fingerprint density at radius 1 is 1.45 bits per heavy atom. The number of aromatic amines is 1. The molecule has 20 heavy (non-hydrogen) atoms. The molecule has 0 saturated carbocycles. The maximum absolute atomic E-state index is 11.6. The standard InChI is InChI=1S/C14H19N3O3/c1-9-11(4-5-13(18)16-6-7-20-3)10(2)17-14(19)12(9)8-15/h4-7H2,1-3H3,(H,16,18)(H,17,19). The van der Waals surface area contributed by atoms with E-state index in [2.05, 4.69) is 10.3 Å². The van der Waals surface area contributed by atoms with Gasteiger partial charge in [0, 0.05) is 25.8 Å². The molecular weight excluding hydrogens is 258 g/mol. The molecule has 0 bridgehead atoms. The number of nitrogens with zero attached hydrogens (tertiary/aromatic N) is 1. The van der Waals surface area contributed by atoms with Crippen molar-refractivity contribution in [2.24, 2.45) is 0 Å². The second kappa shape index (κ2) is 7.46. The Hall–Kier alpha value is -2.13. The van der Waals surface area contributed by atoms with E-state index in [1.807, 2.05) is 6.07 Å². The number of aromatic nitrogens is 1. The largest absolute Gasteiger partial charge is 0.383 e. The summed E-state index contributed by atoms with van der Waals surface area (Å²) in [5.41, 5.74) is 1.94. The van der Waals surface area contributed by atoms with Crippen LogP contribution < -0.4 is 10.9 Å². The van der Waals surface area contributed by atoms with Crippen LogP contribution in [0.5, 0.6) is 0 Å². The first-order valence-corrected chi connectivity index (χ1v) is 6.39. The molecule has 0 aliphatic rings. The molecule has 0 aliphatic heterocycles. The smallest absolute Gasteiger partial charge is 0.266 e. The molecule has 0 atom stereocenters. The van der Waals surface area contributed by atoms with Crippen molar-refractivity contribution in [3.63, 3.8) is 0 Å². The number of H-pyrrole nitrogens is 1. The van der Waals surface area contributed by atoms with Crippen molar-refractivity contribution in [2.75, 3.05) is 20.3 Å². The Bertz CT molecular complexity index is 585. The van der Waals surface area contributed by atoms with Gasteiger partial charge in [0.25, 0.3) is 5.56 Å². The molecular formula is C14H19N3O3. The molecule has 1 aromatic rings. The summed E-state index contributed by atoms with van der Waals surface area (Å²) in [7, 11) is 1.57. The molecule has 1 heterocycles. The van der Waals surface area contributed by atoms with Crippen LogP contribution in [0.15, 0.2) is 4.79 Å². The van der Waals surface area contributed by atoms with Crippen molar-refractivity contribution in [1.29, 1.82) is 5.26 Å². The molecule has 0 saturated heterocycles. The Labute approximate surface area is 117 Å². The van der Waals surface area contributed by atoms with E-state index in [0.717, 1.165) is 5.56 Å². The Balaban J connectivity index is 2.76. The summed E-state index contributed by atoms with van der Waals surface area (Å²) < 4.78 is 4.85. The SMILES string of the molecule is COCCNC(=O)CCc1c(C)[nH]c(=O)c(C#N)c1C. The van der Waals surface area contributed by atoms with E-state index in [-0.39, 0.29) is 17.0 Å². The number of methoxy groups -OCH3 is 1. The first-order chi connectivity index (χ1) is 9.51. The Morgan fingerprint density at radius 2 is 2.15 bits per heavy atom. The van der Waals surface area contributed by atoms with Gasteiger partial charge >= 0.3 is 0 Å². The van der Waals surface area contributed by atoms with E-state index in [0.29, 0.717) is 37.3 Å². The van der Waals surface area contributed by atoms with Gasteiger partial charge in [-0.25, -0.2) is 0 Å². The monoisotopic (exact) mass is 277 g/mol. The lowest BCUT2D eigenvalue weighted by Gasteiger charge is -2.10. The van der Waals surface area contributed by atoms with E-state index in [1.165, 1.54) is 0 Å². The summed E-state index contributed by atoms with van der Waals surface area (Å²) >= 11 is 0. The number of pyridine rings is 1. The van der Waals surface area contributed by atoms with Crippen LogP contribution in [0, 0.1) is 25.2 Å². The van der Waals surface area contributed by atoms with Crippen molar-refractivity contribution >= 4 is 5.91 Å². The zero-order valence-corrected chi connectivity index (χ0v) is 12.0. The Morgan fingerprint density at radius 3 is 2.75 bits per heavy atom. The number of ether oxygens (including phenoxy) is 1. The third kappa shape index (κ3) is 3.93. The summed E-state index contributed by atoms with van der Waals surface area (Å²) in [4.78, 5) is 25.9. The summed E-state index contributed by atoms with van der Waals surface area (Å²) in [5, 5.41) is 11.7. The van der Waals surface area contributed by atoms with Gasteiger partial charge in [0.05, 0.1) is 6.61 Å². The molecule has 0 fully saturated rings. The lowest BCUT2D eigenvalue weighted by atomic mass is 9.99. The van der Waals surface area contributed by atoms with Crippen LogP contribution in [0.25, 0.3) is 0 Å². The van der Waals surface area contributed by atoms with E-state index in [1.54, 1.807) is 21.0 Å². The average Bonchev–Trinajstić information content (AvgIpc) is 2.38. The summed E-state index contributed by atoms with van der Waals surface area (Å²) in [5.74, 6) is -0.0782. The van der Waals surface area contributed by atoms with Crippen LogP contribution >= 0.6 is 0 Å². The summed E-state index contributed by atoms with van der Waals surface area (Å²) in [6.45, 7) is 4.45. The predicted octanol–water partition coefficient (Wildman–Crippen LogP) is 0.559. The molecule has 0 radical (unpaired) electrons. The molecule has 0 unspecified atom stereocenters. The lowest BCUT2D eigenvalue weighted by Crippen LogP contribution is -2.27. The highest BCUT2D eigenvalue weighted by Gasteiger charge is 2.13. The van der Waals surface area contributed by atoms with Gasteiger partial charge in [0.2, 0.25) is 5.91 Å². The maximum atomic E-state index is 11.6. The third-order valence-corrected chi connectivity index (χ3v) is 3.15. The number of hydrogen-bond acceptors (Lipinski definition) is 4. The molecule has 108 valence electrons. The number of aryl methyl sites for hydroxylation is 1. The highest BCUT2D eigenvalue weighted by atomic mass is 16.5. The average molecular weight is 277 g/mol. The fourth-order valence-corrected chi connectivity index (χ4v) is 2.04. The van der Waals surface area contributed by atoms with Crippen LogP contribution in [-0.4, -0.2) is 31.2 Å². The van der Waals surface area contributed by atoms with Gasteiger partial charge in [0.15, 0.2) is 0 Å². The molecule has 0 aromatic carbocycles. The molecule has 1 aromatic heterocycles. The van der Waals surface area contributed by atoms with Crippen molar-refractivity contribution in [2.45, 2.75) is 26.7 Å². The van der Waals surface area contributed by atoms with E-state index in [4.69, 9.17) is 10.00 Å². The lowest BCUT2D eigenvalue weighted by molar-refractivity contribution is -0.121. The van der Waals surface area contributed by atoms with Crippen molar-refractivity contribution < 1.29 is 9.53 Å². The minimum Gasteiger partial charge on any atom is -0.383 e. The Kier molecular flexibility index (Phi) is 5.94. The molecule has 2 N–H and O–H groups in total. The first-order valence-electron chi connectivity index (χ1n) is 6.39. The second-order valence-corrected chi connectivity index (χ2v) is 4.51.